The summed E-state index contributed by atoms with van der Waals surface area (Å²) in [5.41, 5.74) is 9.25. The molecule has 1 saturated heterocycles. The van der Waals surface area contributed by atoms with E-state index in [2.05, 4.69) is 61.8 Å². The van der Waals surface area contributed by atoms with Crippen molar-refractivity contribution in [1.82, 2.24) is 9.80 Å². The molecule has 0 radical (unpaired) electrons. The van der Waals surface area contributed by atoms with Gasteiger partial charge in [0.25, 0.3) is 0 Å². The summed E-state index contributed by atoms with van der Waals surface area (Å²) in [6.07, 6.45) is 1.08. The molecule has 1 fully saturated rings. The number of rotatable bonds is 4. The first kappa shape index (κ1) is 16.5. The minimum Gasteiger partial charge on any atom is -0.329 e. The van der Waals surface area contributed by atoms with Gasteiger partial charge in [0.05, 0.1) is 0 Å². The lowest BCUT2D eigenvalue weighted by Gasteiger charge is -2.44. The molecule has 0 spiro atoms. The predicted molar refractivity (Wildman–Crippen MR) is 90.5 cm³/mol. The Morgan fingerprint density at radius 1 is 1.10 bits per heavy atom. The molecule has 0 saturated carbocycles. The smallest absolute Gasteiger partial charge is 0.0474 e. The number of hydrogen-bond donors (Lipinski definition) is 1. The molecule has 0 aliphatic carbocycles. The van der Waals surface area contributed by atoms with Crippen LogP contribution in [0.25, 0.3) is 0 Å². The van der Waals surface area contributed by atoms with Gasteiger partial charge in [-0.2, -0.15) is 0 Å². The van der Waals surface area contributed by atoms with Crippen molar-refractivity contribution in [2.75, 3.05) is 32.7 Å². The molecule has 3 nitrogen and oxygen atoms in total. The van der Waals surface area contributed by atoms with Crippen molar-refractivity contribution in [2.45, 2.75) is 45.7 Å². The molecular weight excluding hydrogens is 258 g/mol. The molecule has 0 aromatic heterocycles. The van der Waals surface area contributed by atoms with Crippen molar-refractivity contribution in [3.8, 4) is 0 Å². The number of piperazine rings is 1. The summed E-state index contributed by atoms with van der Waals surface area (Å²) in [5.74, 6) is 0. The van der Waals surface area contributed by atoms with Crippen LogP contribution in [0.1, 0.15) is 44.9 Å². The molecule has 1 aliphatic rings. The Labute approximate surface area is 130 Å². The summed E-state index contributed by atoms with van der Waals surface area (Å²) in [6.45, 7) is 14.3. The van der Waals surface area contributed by atoms with Crippen LogP contribution >= 0.6 is 0 Å². The van der Waals surface area contributed by atoms with Crippen molar-refractivity contribution in [3.05, 3.63) is 35.4 Å². The van der Waals surface area contributed by atoms with E-state index in [9.17, 15) is 0 Å². The van der Waals surface area contributed by atoms with Crippen LogP contribution in [0, 0.1) is 0 Å². The average Bonchev–Trinajstić information content (AvgIpc) is 2.48. The van der Waals surface area contributed by atoms with E-state index in [-0.39, 0.29) is 5.54 Å². The van der Waals surface area contributed by atoms with Gasteiger partial charge in [0, 0.05) is 44.3 Å². The molecular formula is C18H31N3. The van der Waals surface area contributed by atoms with Gasteiger partial charge in [-0.15, -0.1) is 0 Å². The molecule has 0 bridgehead atoms. The fraction of sp³-hybridized carbons (Fsp3) is 0.667. The highest BCUT2D eigenvalue weighted by atomic mass is 15.3. The molecule has 1 aliphatic heterocycles. The van der Waals surface area contributed by atoms with Crippen molar-refractivity contribution in [1.29, 1.82) is 0 Å². The van der Waals surface area contributed by atoms with Gasteiger partial charge in [-0.1, -0.05) is 31.2 Å². The van der Waals surface area contributed by atoms with E-state index >= 15 is 0 Å². The second kappa shape index (κ2) is 6.91. The lowest BCUT2D eigenvalue weighted by molar-refractivity contribution is 0.0432. The summed E-state index contributed by atoms with van der Waals surface area (Å²) in [5, 5.41) is 0. The van der Waals surface area contributed by atoms with Gasteiger partial charge in [0.1, 0.15) is 0 Å². The topological polar surface area (TPSA) is 32.5 Å². The molecule has 2 N–H and O–H groups in total. The molecule has 21 heavy (non-hydrogen) atoms. The molecule has 1 heterocycles. The molecule has 1 aromatic rings. The largest absolute Gasteiger partial charge is 0.329 e. The van der Waals surface area contributed by atoms with E-state index in [1.54, 1.807) is 0 Å². The van der Waals surface area contributed by atoms with Crippen molar-refractivity contribution in [3.63, 3.8) is 0 Å². The lowest BCUT2D eigenvalue weighted by atomic mass is 9.96. The molecule has 2 rings (SSSR count). The van der Waals surface area contributed by atoms with Crippen molar-refractivity contribution in [2.24, 2.45) is 5.73 Å². The van der Waals surface area contributed by atoms with Gasteiger partial charge in [0.15, 0.2) is 0 Å². The summed E-state index contributed by atoms with van der Waals surface area (Å²) in [6, 6.07) is 9.13. The Morgan fingerprint density at radius 3 is 2.24 bits per heavy atom. The van der Waals surface area contributed by atoms with E-state index in [0.717, 1.165) is 32.6 Å². The zero-order chi connectivity index (χ0) is 15.5. The highest BCUT2D eigenvalue weighted by Crippen LogP contribution is 2.26. The van der Waals surface area contributed by atoms with Gasteiger partial charge in [0.2, 0.25) is 0 Å². The Kier molecular flexibility index (Phi) is 5.42. The van der Waals surface area contributed by atoms with Crippen LogP contribution in [0.3, 0.4) is 0 Å². The van der Waals surface area contributed by atoms with Crippen LogP contribution in [-0.2, 0) is 6.42 Å². The number of nitrogens with two attached hydrogens (primary N) is 1. The Balaban J connectivity index is 2.10. The second-order valence-corrected chi connectivity index (χ2v) is 7.00. The summed E-state index contributed by atoms with van der Waals surface area (Å²) in [4.78, 5) is 5.14. The Hall–Kier alpha value is -0.900. The maximum atomic E-state index is 6.12. The Bertz CT molecular complexity index is 442. The summed E-state index contributed by atoms with van der Waals surface area (Å²) < 4.78 is 0. The standard InChI is InChI=1S/C18H31N3/c1-5-15-8-6-7-9-16(15)17(14-19)20-10-12-21(13-11-20)18(2,3)4/h6-9,17H,5,10-14,19H2,1-4H3. The van der Waals surface area contributed by atoms with Crippen LogP contribution in [0.4, 0.5) is 0 Å². The van der Waals surface area contributed by atoms with Gasteiger partial charge in [-0.05, 0) is 38.3 Å². The van der Waals surface area contributed by atoms with Gasteiger partial charge in [-0.3, -0.25) is 9.80 Å². The van der Waals surface area contributed by atoms with Gasteiger partial charge < -0.3 is 5.73 Å². The maximum Gasteiger partial charge on any atom is 0.0474 e. The third-order valence-corrected chi connectivity index (χ3v) is 4.72. The highest BCUT2D eigenvalue weighted by Gasteiger charge is 2.29. The molecule has 1 unspecified atom stereocenters. The maximum absolute atomic E-state index is 6.12. The third-order valence-electron chi connectivity index (χ3n) is 4.72. The number of nitrogens with zero attached hydrogens (tertiary/aromatic N) is 2. The number of hydrogen-bond acceptors (Lipinski definition) is 3. The second-order valence-electron chi connectivity index (χ2n) is 7.00. The van der Waals surface area contributed by atoms with Crippen LogP contribution < -0.4 is 5.73 Å². The summed E-state index contributed by atoms with van der Waals surface area (Å²) in [7, 11) is 0. The van der Waals surface area contributed by atoms with Crippen LogP contribution in [0.5, 0.6) is 0 Å². The molecule has 3 heteroatoms. The molecule has 118 valence electrons. The highest BCUT2D eigenvalue weighted by molar-refractivity contribution is 5.30. The quantitative estimate of drug-likeness (QED) is 0.925. The average molecular weight is 289 g/mol. The van der Waals surface area contributed by atoms with Crippen LogP contribution in [0.15, 0.2) is 24.3 Å². The van der Waals surface area contributed by atoms with E-state index < -0.39 is 0 Å². The van der Waals surface area contributed by atoms with Crippen LogP contribution in [0.2, 0.25) is 0 Å². The molecule has 0 amide bonds. The first-order valence-corrected chi connectivity index (χ1v) is 8.24. The SMILES string of the molecule is CCc1ccccc1C(CN)N1CCN(C(C)(C)C)CC1. The van der Waals surface area contributed by atoms with Crippen LogP contribution in [-0.4, -0.2) is 48.1 Å². The predicted octanol–water partition coefficient (Wildman–Crippen LogP) is 2.66. The van der Waals surface area contributed by atoms with E-state index in [0.29, 0.717) is 12.6 Å². The number of aryl methyl sites for hydroxylation is 1. The van der Waals surface area contributed by atoms with E-state index in [1.165, 1.54) is 11.1 Å². The van der Waals surface area contributed by atoms with E-state index in [1.807, 2.05) is 0 Å². The molecule has 1 atom stereocenters. The fourth-order valence-corrected chi connectivity index (χ4v) is 3.36. The zero-order valence-electron chi connectivity index (χ0n) is 14.1. The molecule has 1 aromatic carbocycles. The first-order chi connectivity index (χ1) is 9.97. The van der Waals surface area contributed by atoms with Gasteiger partial charge in [-0.25, -0.2) is 0 Å². The zero-order valence-corrected chi connectivity index (χ0v) is 14.1. The monoisotopic (exact) mass is 289 g/mol. The van der Waals surface area contributed by atoms with E-state index in [4.69, 9.17) is 5.73 Å². The first-order valence-electron chi connectivity index (χ1n) is 8.24. The lowest BCUT2D eigenvalue weighted by Crippen LogP contribution is -2.54. The normalized spacial score (nSPS) is 19.7. The minimum absolute atomic E-state index is 0.269. The van der Waals surface area contributed by atoms with Crippen molar-refractivity contribution < 1.29 is 0 Å². The fourth-order valence-electron chi connectivity index (χ4n) is 3.36. The number of benzene rings is 1. The van der Waals surface area contributed by atoms with Crippen molar-refractivity contribution >= 4 is 0 Å². The summed E-state index contributed by atoms with van der Waals surface area (Å²) >= 11 is 0. The third kappa shape index (κ3) is 3.85. The van der Waals surface area contributed by atoms with Gasteiger partial charge >= 0.3 is 0 Å². The minimum atomic E-state index is 0.269. The Morgan fingerprint density at radius 2 is 1.71 bits per heavy atom.